The monoisotopic (exact) mass is 251 g/mol. The number of amides is 1. The molecule has 92 valence electrons. The molecule has 0 spiro atoms. The highest BCUT2D eigenvalue weighted by atomic mass is 35.5. The van der Waals surface area contributed by atoms with Gasteiger partial charge in [0.15, 0.2) is 6.29 Å². The minimum absolute atomic E-state index is 0.252. The first kappa shape index (κ1) is 13.2. The second-order valence-electron chi connectivity index (χ2n) is 3.35. The third-order valence-electron chi connectivity index (χ3n) is 2.06. The van der Waals surface area contributed by atoms with Gasteiger partial charge in [-0.1, -0.05) is 0 Å². The largest absolute Gasteiger partial charge is 0.415 e. The molecule has 0 radical (unpaired) electrons. The minimum atomic E-state index is -0.950. The molecule has 1 aliphatic heterocycles. The Kier molecular flexibility index (Phi) is 5.51. The van der Waals surface area contributed by atoms with Gasteiger partial charge < -0.3 is 19.9 Å². The highest BCUT2D eigenvalue weighted by molar-refractivity contribution is 6.17. The average Bonchev–Trinajstić information content (AvgIpc) is 2.55. The molecule has 0 saturated carbocycles. The molecule has 1 heterocycles. The molecule has 1 unspecified atom stereocenters. The Morgan fingerprint density at radius 1 is 1.56 bits per heavy atom. The number of carbonyl (C=O) groups is 2. The number of nitrogens with one attached hydrogen (secondary N) is 1. The lowest BCUT2D eigenvalue weighted by molar-refractivity contribution is -0.136. The minimum Gasteiger partial charge on any atom is -0.375 e. The molecule has 6 nitrogen and oxygen atoms in total. The van der Waals surface area contributed by atoms with Crippen molar-refractivity contribution in [3.8, 4) is 0 Å². The van der Waals surface area contributed by atoms with Crippen LogP contribution in [0.5, 0.6) is 0 Å². The molecule has 0 aromatic rings. The lowest BCUT2D eigenvalue weighted by Gasteiger charge is -2.12. The number of aliphatic hydroxyl groups excluding tert-OH is 1. The number of ether oxygens (including phenoxy) is 2. The van der Waals surface area contributed by atoms with Crippen LogP contribution in [0.4, 0.5) is 4.79 Å². The molecule has 16 heavy (non-hydrogen) atoms. The molecule has 7 heteroatoms. The smallest absolute Gasteiger partial charge is 0.375 e. The molecule has 1 saturated heterocycles. The zero-order chi connectivity index (χ0) is 12.0. The van der Waals surface area contributed by atoms with Crippen molar-refractivity contribution >= 4 is 23.7 Å². The topological polar surface area (TPSA) is 84.9 Å². The number of hydrogen-bond acceptors (Lipinski definition) is 5. The van der Waals surface area contributed by atoms with E-state index >= 15 is 0 Å². The van der Waals surface area contributed by atoms with E-state index in [1.54, 1.807) is 0 Å². The molecule has 1 amide bonds. The maximum absolute atomic E-state index is 11.0. The van der Waals surface area contributed by atoms with E-state index in [0.29, 0.717) is 18.9 Å². The van der Waals surface area contributed by atoms with Crippen LogP contribution < -0.4 is 5.32 Å². The molecule has 0 aromatic carbocycles. The van der Waals surface area contributed by atoms with Gasteiger partial charge >= 0.3 is 12.1 Å². The Labute approximate surface area is 97.9 Å². The molecule has 2 atom stereocenters. The fourth-order valence-corrected chi connectivity index (χ4v) is 1.36. The van der Waals surface area contributed by atoms with E-state index in [2.05, 4.69) is 10.1 Å². The third-order valence-corrected chi connectivity index (χ3v) is 2.33. The summed E-state index contributed by atoms with van der Waals surface area (Å²) in [6.45, 7) is 0.367. The molecule has 0 aromatic heterocycles. The van der Waals surface area contributed by atoms with Crippen molar-refractivity contribution in [2.75, 3.05) is 12.5 Å². The lowest BCUT2D eigenvalue weighted by atomic mass is 10.1. The van der Waals surface area contributed by atoms with Crippen LogP contribution in [0.2, 0.25) is 0 Å². The zero-order valence-electron chi connectivity index (χ0n) is 8.65. The summed E-state index contributed by atoms with van der Waals surface area (Å²) in [4.78, 5) is 21.7. The van der Waals surface area contributed by atoms with Crippen molar-refractivity contribution in [3.63, 3.8) is 0 Å². The number of alkyl halides is 1. The van der Waals surface area contributed by atoms with E-state index in [0.717, 1.165) is 0 Å². The van der Waals surface area contributed by atoms with Gasteiger partial charge in [-0.25, -0.2) is 9.59 Å². The molecule has 1 rings (SSSR count). The number of cyclic esters (lactones) is 2. The average molecular weight is 252 g/mol. The van der Waals surface area contributed by atoms with Gasteiger partial charge in [0.05, 0.1) is 6.61 Å². The van der Waals surface area contributed by atoms with Crippen molar-refractivity contribution in [1.82, 2.24) is 5.32 Å². The predicted molar refractivity (Wildman–Crippen MR) is 54.9 cm³/mol. The first-order valence-electron chi connectivity index (χ1n) is 5.01. The summed E-state index contributed by atoms with van der Waals surface area (Å²) in [6, 6.07) is -0.682. The Morgan fingerprint density at radius 3 is 2.88 bits per heavy atom. The molecule has 1 aliphatic rings. The molecule has 0 bridgehead atoms. The highest BCUT2D eigenvalue weighted by Crippen LogP contribution is 2.09. The number of hydrogen-bond donors (Lipinski definition) is 2. The summed E-state index contributed by atoms with van der Waals surface area (Å²) in [5.41, 5.74) is 0. The fourth-order valence-electron chi connectivity index (χ4n) is 1.25. The van der Waals surface area contributed by atoms with E-state index in [-0.39, 0.29) is 12.8 Å². The molecule has 1 fully saturated rings. The van der Waals surface area contributed by atoms with Gasteiger partial charge in [-0.15, -0.1) is 11.6 Å². The van der Waals surface area contributed by atoms with Gasteiger partial charge in [0.25, 0.3) is 0 Å². The first-order valence-corrected chi connectivity index (χ1v) is 5.54. The van der Waals surface area contributed by atoms with Crippen LogP contribution in [-0.2, 0) is 14.3 Å². The number of halogens is 1. The van der Waals surface area contributed by atoms with E-state index in [9.17, 15) is 14.7 Å². The van der Waals surface area contributed by atoms with Crippen molar-refractivity contribution < 1.29 is 24.2 Å². The van der Waals surface area contributed by atoms with Crippen molar-refractivity contribution in [1.29, 1.82) is 0 Å². The van der Waals surface area contributed by atoms with Crippen LogP contribution in [0.1, 0.15) is 19.3 Å². The molecular formula is C9H14ClNO5. The number of alkyl carbamates (subject to hydrolysis) is 1. The van der Waals surface area contributed by atoms with Crippen LogP contribution in [0.25, 0.3) is 0 Å². The van der Waals surface area contributed by atoms with Crippen LogP contribution in [-0.4, -0.2) is 42.0 Å². The fraction of sp³-hybridized carbons (Fsp3) is 0.778. The predicted octanol–water partition coefficient (Wildman–Crippen LogP) is 0.365. The SMILES string of the molecule is O=C1N[C@@H](CCC(O)OCCCCl)C(=O)O1. The quantitative estimate of drug-likeness (QED) is 0.224. The maximum atomic E-state index is 11.0. The van der Waals surface area contributed by atoms with Crippen molar-refractivity contribution in [2.24, 2.45) is 0 Å². The van der Waals surface area contributed by atoms with Crippen molar-refractivity contribution in [2.45, 2.75) is 31.6 Å². The standard InChI is InChI=1S/C9H14ClNO5/c10-4-1-5-15-7(12)3-2-6-8(13)16-9(14)11-6/h6-7,12H,1-5H2,(H,11,14)/t6-,7?/m0/s1. The second-order valence-corrected chi connectivity index (χ2v) is 3.73. The van der Waals surface area contributed by atoms with E-state index < -0.39 is 24.4 Å². The van der Waals surface area contributed by atoms with Crippen LogP contribution in [0.3, 0.4) is 0 Å². The van der Waals surface area contributed by atoms with Gasteiger partial charge in [-0.3, -0.25) is 0 Å². The summed E-state index contributed by atoms with van der Waals surface area (Å²) in [7, 11) is 0. The normalized spacial score (nSPS) is 21.8. The number of rotatable bonds is 7. The van der Waals surface area contributed by atoms with E-state index in [1.807, 2.05) is 0 Å². The Balaban J connectivity index is 2.14. The Hall–Kier alpha value is -0.850. The van der Waals surface area contributed by atoms with Gasteiger partial charge in [0, 0.05) is 12.3 Å². The maximum Gasteiger partial charge on any atom is 0.415 e. The summed E-state index contributed by atoms with van der Waals surface area (Å²) in [6.07, 6.45) is -0.503. The number of esters is 1. The van der Waals surface area contributed by atoms with Gasteiger partial charge in [0.1, 0.15) is 6.04 Å². The van der Waals surface area contributed by atoms with Gasteiger partial charge in [-0.05, 0) is 12.8 Å². The van der Waals surface area contributed by atoms with Gasteiger partial charge in [0.2, 0.25) is 0 Å². The summed E-state index contributed by atoms with van der Waals surface area (Å²) in [5, 5.41) is 11.7. The molecule has 0 aliphatic carbocycles. The zero-order valence-corrected chi connectivity index (χ0v) is 9.40. The van der Waals surface area contributed by atoms with Crippen LogP contribution in [0, 0.1) is 0 Å². The summed E-state index contributed by atoms with van der Waals surface area (Å²) >= 11 is 5.43. The summed E-state index contributed by atoms with van der Waals surface area (Å²) in [5.74, 6) is -0.143. The van der Waals surface area contributed by atoms with Crippen LogP contribution >= 0.6 is 11.6 Å². The first-order chi connectivity index (χ1) is 7.63. The summed E-state index contributed by atoms with van der Waals surface area (Å²) < 4.78 is 9.29. The van der Waals surface area contributed by atoms with Crippen LogP contribution in [0.15, 0.2) is 0 Å². The van der Waals surface area contributed by atoms with Crippen molar-refractivity contribution in [3.05, 3.63) is 0 Å². The Morgan fingerprint density at radius 2 is 2.31 bits per heavy atom. The van der Waals surface area contributed by atoms with Gasteiger partial charge in [-0.2, -0.15) is 0 Å². The molecule has 2 N–H and O–H groups in total. The second kappa shape index (κ2) is 6.67. The molecular weight excluding hydrogens is 238 g/mol. The Bertz CT molecular complexity index is 260. The number of carbonyl (C=O) groups excluding carboxylic acids is 2. The van der Waals surface area contributed by atoms with E-state index in [1.165, 1.54) is 0 Å². The van der Waals surface area contributed by atoms with E-state index in [4.69, 9.17) is 16.3 Å². The number of aliphatic hydroxyl groups is 1. The highest BCUT2D eigenvalue weighted by Gasteiger charge is 2.32. The third kappa shape index (κ3) is 4.34. The lowest BCUT2D eigenvalue weighted by Crippen LogP contribution is -2.30.